The zero-order valence-electron chi connectivity index (χ0n) is 18.0. The topological polar surface area (TPSA) is 92.1 Å². The van der Waals surface area contributed by atoms with Crippen LogP contribution in [0.2, 0.25) is 5.02 Å². The van der Waals surface area contributed by atoms with Gasteiger partial charge in [0.1, 0.15) is 18.2 Å². The summed E-state index contributed by atoms with van der Waals surface area (Å²) in [6.07, 6.45) is 0. The van der Waals surface area contributed by atoms with E-state index in [1.165, 1.54) is 11.8 Å². The van der Waals surface area contributed by atoms with E-state index in [4.69, 9.17) is 16.3 Å². The van der Waals surface area contributed by atoms with Crippen LogP contribution >= 0.6 is 23.4 Å². The fourth-order valence-corrected chi connectivity index (χ4v) is 4.66. The summed E-state index contributed by atoms with van der Waals surface area (Å²) in [5.74, 6) is 3.03. The van der Waals surface area contributed by atoms with E-state index in [-0.39, 0.29) is 12.2 Å². The predicted octanol–water partition coefficient (Wildman–Crippen LogP) is 3.72. The van der Waals surface area contributed by atoms with Gasteiger partial charge in [0.05, 0.1) is 21.7 Å². The normalized spacial score (nSPS) is 11.5. The number of rotatable bonds is 7. The average molecular weight is 482 g/mol. The summed E-state index contributed by atoms with van der Waals surface area (Å²) >= 11 is 7.64. The second-order valence-electron chi connectivity index (χ2n) is 7.28. The van der Waals surface area contributed by atoms with E-state index < -0.39 is 0 Å². The monoisotopic (exact) mass is 481 g/mol. The third-order valence-corrected chi connectivity index (χ3v) is 6.67. The summed E-state index contributed by atoms with van der Waals surface area (Å²) < 4.78 is 11.2. The number of ether oxygens (including phenoxy) is 1. The molecule has 0 spiro atoms. The molecule has 0 N–H and O–H groups in total. The zero-order chi connectivity index (χ0) is 22.9. The number of benzene rings is 2. The van der Waals surface area contributed by atoms with Gasteiger partial charge in [-0.3, -0.25) is 13.8 Å². The molecule has 0 atom stereocenters. The fraction of sp³-hybridized carbons (Fsp3) is 0.227. The average Bonchev–Trinajstić information content (AvgIpc) is 3.41. The molecule has 0 fully saturated rings. The number of halogens is 1. The molecular formula is C22H20ClN7O2S. The molecule has 5 rings (SSSR count). The number of hydrogen-bond acceptors (Lipinski definition) is 7. The molecular weight excluding hydrogens is 462 g/mol. The first-order valence-electron chi connectivity index (χ1n) is 10.3. The van der Waals surface area contributed by atoms with Crippen molar-refractivity contribution in [3.8, 4) is 5.75 Å². The summed E-state index contributed by atoms with van der Waals surface area (Å²) in [4.78, 5) is 12.8. The van der Waals surface area contributed by atoms with Crippen molar-refractivity contribution in [1.82, 2.24) is 33.9 Å². The largest absolute Gasteiger partial charge is 0.484 e. The SMILES string of the molecule is CCn1c(=O)c2ccccc2n2c(CSc3nnc(COc4ccccc4Cl)n3C)nnc12. The van der Waals surface area contributed by atoms with Crippen molar-refractivity contribution in [2.45, 2.75) is 31.0 Å². The molecule has 0 radical (unpaired) electrons. The number of fused-ring (bicyclic) bond motifs is 3. The van der Waals surface area contributed by atoms with Gasteiger partial charge >= 0.3 is 0 Å². The standard InChI is InChI=1S/C22H20ClN7O2S/c1-3-29-20(31)14-8-4-6-10-16(14)30-19(25-26-21(29)30)13-33-22-27-24-18(28(22)2)12-32-17-11-7-5-9-15(17)23/h4-11H,3,12-13H2,1-2H3. The van der Waals surface area contributed by atoms with Crippen LogP contribution in [0.25, 0.3) is 16.7 Å². The highest BCUT2D eigenvalue weighted by Gasteiger charge is 2.17. The lowest BCUT2D eigenvalue weighted by molar-refractivity contribution is 0.290. The van der Waals surface area contributed by atoms with Gasteiger partial charge in [0.15, 0.2) is 11.0 Å². The van der Waals surface area contributed by atoms with Crippen molar-refractivity contribution in [3.05, 3.63) is 75.6 Å². The van der Waals surface area contributed by atoms with Crippen LogP contribution in [0.4, 0.5) is 0 Å². The lowest BCUT2D eigenvalue weighted by Crippen LogP contribution is -2.22. The van der Waals surface area contributed by atoms with Crippen molar-refractivity contribution >= 4 is 40.0 Å². The minimum Gasteiger partial charge on any atom is -0.484 e. The smallest absolute Gasteiger partial charge is 0.262 e. The first-order valence-corrected chi connectivity index (χ1v) is 11.7. The molecule has 2 aromatic carbocycles. The summed E-state index contributed by atoms with van der Waals surface area (Å²) in [7, 11) is 1.89. The molecule has 168 valence electrons. The van der Waals surface area contributed by atoms with E-state index in [1.807, 2.05) is 65.4 Å². The molecule has 0 amide bonds. The second-order valence-corrected chi connectivity index (χ2v) is 8.63. The molecule has 0 saturated carbocycles. The van der Waals surface area contributed by atoms with Gasteiger partial charge in [-0.15, -0.1) is 20.4 Å². The van der Waals surface area contributed by atoms with Crippen LogP contribution in [0.5, 0.6) is 5.75 Å². The quantitative estimate of drug-likeness (QED) is 0.327. The number of para-hydroxylation sites is 2. The van der Waals surface area contributed by atoms with Crippen LogP contribution in [0.15, 0.2) is 58.5 Å². The van der Waals surface area contributed by atoms with Crippen LogP contribution in [0.3, 0.4) is 0 Å². The van der Waals surface area contributed by atoms with Crippen LogP contribution < -0.4 is 10.3 Å². The third kappa shape index (κ3) is 3.85. The molecule has 33 heavy (non-hydrogen) atoms. The minimum atomic E-state index is -0.0661. The molecule has 9 nitrogen and oxygen atoms in total. The van der Waals surface area contributed by atoms with Crippen LogP contribution in [-0.2, 0) is 26.0 Å². The molecule has 0 aliphatic rings. The molecule has 0 aliphatic heterocycles. The van der Waals surface area contributed by atoms with Crippen LogP contribution in [-0.4, -0.2) is 33.9 Å². The zero-order valence-corrected chi connectivity index (χ0v) is 19.5. The third-order valence-electron chi connectivity index (χ3n) is 5.34. The summed E-state index contributed by atoms with van der Waals surface area (Å²) in [6, 6.07) is 14.8. The van der Waals surface area contributed by atoms with Crippen LogP contribution in [0.1, 0.15) is 18.6 Å². The van der Waals surface area contributed by atoms with Gasteiger partial charge in [-0.1, -0.05) is 47.6 Å². The lowest BCUT2D eigenvalue weighted by Gasteiger charge is -2.09. The molecule has 3 heterocycles. The first kappa shape index (κ1) is 21.5. The van der Waals surface area contributed by atoms with E-state index in [0.717, 1.165) is 16.5 Å². The fourth-order valence-electron chi connectivity index (χ4n) is 3.62. The molecule has 5 aromatic rings. The van der Waals surface area contributed by atoms with E-state index in [2.05, 4.69) is 20.4 Å². The summed E-state index contributed by atoms with van der Waals surface area (Å²) in [5.41, 5.74) is 0.721. The van der Waals surface area contributed by atoms with Crippen molar-refractivity contribution < 1.29 is 4.74 Å². The molecule has 11 heteroatoms. The van der Waals surface area contributed by atoms with E-state index in [0.29, 0.717) is 40.1 Å². The Hall–Kier alpha value is -3.37. The maximum absolute atomic E-state index is 12.8. The predicted molar refractivity (Wildman–Crippen MR) is 127 cm³/mol. The second kappa shape index (κ2) is 8.87. The Labute approximate surface area is 198 Å². The first-order chi connectivity index (χ1) is 16.1. The summed E-state index contributed by atoms with van der Waals surface area (Å²) in [5, 5.41) is 19.1. The van der Waals surface area contributed by atoms with Gasteiger partial charge in [-0.05, 0) is 31.2 Å². The van der Waals surface area contributed by atoms with E-state index in [9.17, 15) is 4.79 Å². The van der Waals surface area contributed by atoms with E-state index in [1.54, 1.807) is 10.6 Å². The molecule has 0 aliphatic carbocycles. The Bertz CT molecular complexity index is 1520. The number of hydrogen-bond donors (Lipinski definition) is 0. The van der Waals surface area contributed by atoms with Crippen molar-refractivity contribution in [2.75, 3.05) is 0 Å². The Kier molecular flexibility index (Phi) is 5.77. The maximum atomic E-state index is 12.8. The van der Waals surface area contributed by atoms with Crippen molar-refractivity contribution in [3.63, 3.8) is 0 Å². The summed E-state index contributed by atoms with van der Waals surface area (Å²) in [6.45, 7) is 2.68. The van der Waals surface area contributed by atoms with Gasteiger partial charge < -0.3 is 9.30 Å². The van der Waals surface area contributed by atoms with E-state index >= 15 is 0 Å². The Balaban J connectivity index is 1.40. The number of aryl methyl sites for hydroxylation is 1. The number of thioether (sulfide) groups is 1. The highest BCUT2D eigenvalue weighted by atomic mass is 35.5. The Morgan fingerprint density at radius 1 is 1.00 bits per heavy atom. The van der Waals surface area contributed by atoms with Gasteiger partial charge in [-0.2, -0.15) is 0 Å². The number of aromatic nitrogens is 7. The number of nitrogens with zero attached hydrogens (tertiary/aromatic N) is 7. The maximum Gasteiger partial charge on any atom is 0.262 e. The highest BCUT2D eigenvalue weighted by Crippen LogP contribution is 2.25. The molecule has 0 bridgehead atoms. The highest BCUT2D eigenvalue weighted by molar-refractivity contribution is 7.98. The van der Waals surface area contributed by atoms with Crippen molar-refractivity contribution in [2.24, 2.45) is 7.05 Å². The van der Waals surface area contributed by atoms with Gasteiger partial charge in [0.25, 0.3) is 5.56 Å². The lowest BCUT2D eigenvalue weighted by atomic mass is 10.2. The van der Waals surface area contributed by atoms with Crippen LogP contribution in [0, 0.1) is 0 Å². The van der Waals surface area contributed by atoms with Gasteiger partial charge in [-0.25, -0.2) is 0 Å². The molecule has 0 unspecified atom stereocenters. The molecule has 3 aromatic heterocycles. The molecule has 0 saturated heterocycles. The Morgan fingerprint density at radius 2 is 1.76 bits per heavy atom. The van der Waals surface area contributed by atoms with Gasteiger partial charge in [0.2, 0.25) is 5.78 Å². The van der Waals surface area contributed by atoms with Crippen molar-refractivity contribution in [1.29, 1.82) is 0 Å². The Morgan fingerprint density at radius 3 is 2.58 bits per heavy atom. The minimum absolute atomic E-state index is 0.0661. The van der Waals surface area contributed by atoms with Gasteiger partial charge in [0, 0.05) is 13.6 Å².